The van der Waals surface area contributed by atoms with E-state index in [1.807, 2.05) is 0 Å². The van der Waals surface area contributed by atoms with E-state index < -0.39 is 23.6 Å². The Hall–Kier alpha value is -2.55. The number of aromatic nitrogens is 1. The molecular formula is C14H14N2O6S. The monoisotopic (exact) mass is 338 g/mol. The quantitative estimate of drug-likeness (QED) is 0.761. The first-order valence-electron chi connectivity index (χ1n) is 6.51. The van der Waals surface area contributed by atoms with E-state index in [1.54, 1.807) is 26.2 Å². The van der Waals surface area contributed by atoms with Gasteiger partial charge >= 0.3 is 11.9 Å². The van der Waals surface area contributed by atoms with Crippen molar-refractivity contribution in [1.82, 2.24) is 9.88 Å². The Labute approximate surface area is 135 Å². The smallest absolute Gasteiger partial charge is 0.317 e. The van der Waals surface area contributed by atoms with Crippen LogP contribution in [-0.4, -0.2) is 57.3 Å². The minimum atomic E-state index is -1.26. The summed E-state index contributed by atoms with van der Waals surface area (Å²) in [5.41, 5.74) is 1.22. The zero-order valence-corrected chi connectivity index (χ0v) is 13.2. The van der Waals surface area contributed by atoms with Crippen LogP contribution >= 0.6 is 11.8 Å². The van der Waals surface area contributed by atoms with Crippen molar-refractivity contribution in [2.45, 2.75) is 16.9 Å². The second-order valence-electron chi connectivity index (χ2n) is 4.90. The molecule has 0 aliphatic carbocycles. The SMILES string of the molecule is CN(C)C(=O)c1ccc2oc(SC(CC(=O)O)C(=O)O)nc2c1. The van der Waals surface area contributed by atoms with E-state index in [9.17, 15) is 14.4 Å². The van der Waals surface area contributed by atoms with Crippen molar-refractivity contribution < 1.29 is 29.0 Å². The molecule has 1 unspecified atom stereocenters. The lowest BCUT2D eigenvalue weighted by Crippen LogP contribution is -2.21. The highest BCUT2D eigenvalue weighted by molar-refractivity contribution is 8.00. The molecule has 0 aliphatic heterocycles. The zero-order chi connectivity index (χ0) is 17.1. The van der Waals surface area contributed by atoms with Crippen molar-refractivity contribution in [3.05, 3.63) is 23.8 Å². The molecule has 1 aromatic heterocycles. The van der Waals surface area contributed by atoms with Crippen LogP contribution in [-0.2, 0) is 9.59 Å². The third-order valence-corrected chi connectivity index (χ3v) is 3.93. The largest absolute Gasteiger partial charge is 0.481 e. The van der Waals surface area contributed by atoms with Gasteiger partial charge in [-0.1, -0.05) is 11.8 Å². The summed E-state index contributed by atoms with van der Waals surface area (Å²) in [6.07, 6.45) is -0.552. The standard InChI is InChI=1S/C14H14N2O6S/c1-16(2)12(19)7-3-4-9-8(5-7)15-14(22-9)23-10(13(20)21)6-11(17)18/h3-5,10H,6H2,1-2H3,(H,17,18)(H,20,21). The zero-order valence-electron chi connectivity index (χ0n) is 12.3. The summed E-state index contributed by atoms with van der Waals surface area (Å²) in [5, 5.41) is 16.6. The van der Waals surface area contributed by atoms with E-state index in [-0.39, 0.29) is 11.1 Å². The molecule has 2 aromatic rings. The topological polar surface area (TPSA) is 121 Å². The molecule has 23 heavy (non-hydrogen) atoms. The minimum absolute atomic E-state index is 0.0445. The van der Waals surface area contributed by atoms with E-state index in [4.69, 9.17) is 14.6 Å². The summed E-state index contributed by atoms with van der Waals surface area (Å²) in [6, 6.07) is 4.69. The molecule has 2 rings (SSSR count). The van der Waals surface area contributed by atoms with Gasteiger partial charge in [0.25, 0.3) is 11.1 Å². The van der Waals surface area contributed by atoms with Crippen LogP contribution in [0.5, 0.6) is 0 Å². The van der Waals surface area contributed by atoms with Crippen LogP contribution in [0.15, 0.2) is 27.8 Å². The van der Waals surface area contributed by atoms with Gasteiger partial charge in [0, 0.05) is 19.7 Å². The summed E-state index contributed by atoms with van der Waals surface area (Å²) >= 11 is 0.718. The maximum Gasteiger partial charge on any atom is 0.317 e. The molecule has 8 nitrogen and oxygen atoms in total. The summed E-state index contributed by atoms with van der Waals surface area (Å²) in [6.45, 7) is 0. The van der Waals surface area contributed by atoms with Gasteiger partial charge in [0.1, 0.15) is 10.8 Å². The van der Waals surface area contributed by atoms with E-state index in [2.05, 4.69) is 4.98 Å². The molecule has 0 bridgehead atoms. The lowest BCUT2D eigenvalue weighted by atomic mass is 10.2. The first-order valence-corrected chi connectivity index (χ1v) is 7.39. The predicted molar refractivity (Wildman–Crippen MR) is 81.6 cm³/mol. The summed E-state index contributed by atoms with van der Waals surface area (Å²) in [4.78, 5) is 39.2. The number of oxazole rings is 1. The number of benzene rings is 1. The highest BCUT2D eigenvalue weighted by Gasteiger charge is 2.25. The van der Waals surface area contributed by atoms with Crippen molar-refractivity contribution >= 4 is 40.7 Å². The van der Waals surface area contributed by atoms with Crippen molar-refractivity contribution in [3.8, 4) is 0 Å². The minimum Gasteiger partial charge on any atom is -0.481 e. The van der Waals surface area contributed by atoms with Crippen LogP contribution < -0.4 is 0 Å². The van der Waals surface area contributed by atoms with Gasteiger partial charge in [-0.3, -0.25) is 14.4 Å². The number of rotatable bonds is 6. The van der Waals surface area contributed by atoms with Crippen LogP contribution in [0.2, 0.25) is 0 Å². The second-order valence-corrected chi connectivity index (χ2v) is 6.06. The van der Waals surface area contributed by atoms with Crippen LogP contribution in [0.3, 0.4) is 0 Å². The maximum absolute atomic E-state index is 11.9. The van der Waals surface area contributed by atoms with Gasteiger partial charge in [0.15, 0.2) is 5.58 Å². The third kappa shape index (κ3) is 4.01. The Morgan fingerprint density at radius 3 is 2.57 bits per heavy atom. The molecular weight excluding hydrogens is 324 g/mol. The summed E-state index contributed by atoms with van der Waals surface area (Å²) < 4.78 is 5.40. The molecule has 0 fully saturated rings. The molecule has 0 aliphatic rings. The second kappa shape index (κ2) is 6.69. The number of thioether (sulfide) groups is 1. The van der Waals surface area contributed by atoms with Gasteiger partial charge in [-0.2, -0.15) is 0 Å². The number of carbonyl (C=O) groups is 3. The van der Waals surface area contributed by atoms with Gasteiger partial charge in [-0.05, 0) is 18.2 Å². The Bertz CT molecular complexity index is 770. The summed E-state index contributed by atoms with van der Waals surface area (Å²) in [5.74, 6) is -2.68. The molecule has 0 spiro atoms. The Kier molecular flexibility index (Phi) is 4.89. The van der Waals surface area contributed by atoms with Crippen molar-refractivity contribution in [2.75, 3.05) is 14.1 Å². The van der Waals surface area contributed by atoms with Gasteiger partial charge in [-0.25, -0.2) is 4.98 Å². The highest BCUT2D eigenvalue weighted by Crippen LogP contribution is 2.29. The van der Waals surface area contributed by atoms with E-state index in [0.717, 1.165) is 11.8 Å². The van der Waals surface area contributed by atoms with Gasteiger partial charge in [-0.15, -0.1) is 0 Å². The van der Waals surface area contributed by atoms with Gasteiger partial charge in [0.05, 0.1) is 6.42 Å². The molecule has 122 valence electrons. The average molecular weight is 338 g/mol. The van der Waals surface area contributed by atoms with Crippen LogP contribution in [0, 0.1) is 0 Å². The number of carboxylic acid groups (broad SMARTS) is 2. The lowest BCUT2D eigenvalue weighted by molar-refractivity contribution is -0.142. The highest BCUT2D eigenvalue weighted by atomic mass is 32.2. The normalized spacial score (nSPS) is 12.1. The molecule has 1 atom stereocenters. The molecule has 2 N–H and O–H groups in total. The van der Waals surface area contributed by atoms with E-state index >= 15 is 0 Å². The summed E-state index contributed by atoms with van der Waals surface area (Å²) in [7, 11) is 3.25. The number of hydrogen-bond donors (Lipinski definition) is 2. The molecule has 1 aromatic carbocycles. The van der Waals surface area contributed by atoms with E-state index in [0.29, 0.717) is 16.7 Å². The molecule has 0 saturated carbocycles. The third-order valence-electron chi connectivity index (χ3n) is 2.90. The van der Waals surface area contributed by atoms with Gasteiger partial charge < -0.3 is 19.5 Å². The first kappa shape index (κ1) is 16.8. The molecule has 1 heterocycles. The fourth-order valence-electron chi connectivity index (χ4n) is 1.81. The van der Waals surface area contributed by atoms with E-state index in [1.165, 1.54) is 11.0 Å². The van der Waals surface area contributed by atoms with Gasteiger partial charge in [0.2, 0.25) is 0 Å². The van der Waals surface area contributed by atoms with Crippen molar-refractivity contribution in [1.29, 1.82) is 0 Å². The predicted octanol–water partition coefficient (Wildman–Crippen LogP) is 1.55. The number of carbonyl (C=O) groups excluding carboxylic acids is 1. The number of carboxylic acids is 2. The Morgan fingerprint density at radius 2 is 2.00 bits per heavy atom. The Balaban J connectivity index is 2.27. The molecule has 1 amide bonds. The average Bonchev–Trinajstić information content (AvgIpc) is 2.86. The molecule has 0 saturated heterocycles. The number of hydrogen-bond acceptors (Lipinski definition) is 6. The fourth-order valence-corrected chi connectivity index (χ4v) is 2.67. The lowest BCUT2D eigenvalue weighted by Gasteiger charge is -2.09. The number of aliphatic carboxylic acids is 2. The molecule has 0 radical (unpaired) electrons. The maximum atomic E-state index is 11.9. The van der Waals surface area contributed by atoms with Crippen molar-refractivity contribution in [3.63, 3.8) is 0 Å². The fraction of sp³-hybridized carbons (Fsp3) is 0.286. The number of nitrogens with zero attached hydrogens (tertiary/aromatic N) is 2. The Morgan fingerprint density at radius 1 is 1.30 bits per heavy atom. The van der Waals surface area contributed by atoms with Crippen LogP contribution in [0.4, 0.5) is 0 Å². The molecule has 9 heteroatoms. The van der Waals surface area contributed by atoms with Crippen LogP contribution in [0.25, 0.3) is 11.1 Å². The first-order chi connectivity index (χ1) is 10.8. The number of amides is 1. The van der Waals surface area contributed by atoms with Crippen LogP contribution in [0.1, 0.15) is 16.8 Å². The number of fused-ring (bicyclic) bond motifs is 1. The van der Waals surface area contributed by atoms with Crippen molar-refractivity contribution in [2.24, 2.45) is 0 Å².